The van der Waals surface area contributed by atoms with Gasteiger partial charge in [0.2, 0.25) is 0 Å². The minimum atomic E-state index is -0.459. The fraction of sp³-hybridized carbons (Fsp3) is 0.333. The van der Waals surface area contributed by atoms with Gasteiger partial charge in [-0.15, -0.1) is 0 Å². The predicted octanol–water partition coefficient (Wildman–Crippen LogP) is 2.77. The third-order valence-corrected chi connectivity index (χ3v) is 5.64. The molecule has 2 aromatic carbocycles. The number of nitrogens with zero attached hydrogens (tertiary/aromatic N) is 1. The molecule has 0 fully saturated rings. The summed E-state index contributed by atoms with van der Waals surface area (Å²) in [4.78, 5) is 25.6. The molecule has 0 aromatic heterocycles. The van der Waals surface area contributed by atoms with Crippen molar-refractivity contribution in [3.05, 3.63) is 52.6 Å². The monoisotopic (exact) mass is 369 g/mol. The summed E-state index contributed by atoms with van der Waals surface area (Å²) in [5.74, 6) is -1.51. The van der Waals surface area contributed by atoms with Crippen molar-refractivity contribution in [3.8, 4) is 11.5 Å². The van der Waals surface area contributed by atoms with Crippen LogP contribution in [0.1, 0.15) is 45.7 Å². The second-order valence-corrected chi connectivity index (χ2v) is 7.15. The number of rotatable bonds is 6. The molecule has 0 unspecified atom stereocenters. The molecule has 6 nitrogen and oxygen atoms in total. The van der Waals surface area contributed by atoms with Crippen molar-refractivity contribution >= 4 is 17.3 Å². The standard InChI is InChI=1S/C21H24N2O4/c1-4-23(3,5-2)11-10-22-15-12-16(24)17-18(21(15)27)20(26)14-9-7-6-8-13(14)19(17)25/h6-9,12H,4-5,10-11H2,1-3H3,(H2-,22,24,25,26,27)/p+1. The fourth-order valence-corrected chi connectivity index (χ4v) is 3.39. The molecule has 0 bridgehead atoms. The number of hydrogen-bond donors (Lipinski definition) is 3. The first-order valence-corrected chi connectivity index (χ1v) is 9.17. The minimum Gasteiger partial charge on any atom is -0.507 e. The van der Waals surface area contributed by atoms with Crippen LogP contribution in [0.15, 0.2) is 30.3 Å². The smallest absolute Gasteiger partial charge is 0.198 e. The van der Waals surface area contributed by atoms with Crippen LogP contribution in [0.3, 0.4) is 0 Å². The van der Waals surface area contributed by atoms with Crippen molar-refractivity contribution in [1.29, 1.82) is 0 Å². The van der Waals surface area contributed by atoms with Crippen LogP contribution in [0.2, 0.25) is 0 Å². The van der Waals surface area contributed by atoms with Gasteiger partial charge in [-0.2, -0.15) is 0 Å². The Morgan fingerprint density at radius 3 is 2.07 bits per heavy atom. The molecular weight excluding hydrogens is 344 g/mol. The minimum absolute atomic E-state index is 0.135. The molecule has 3 rings (SSSR count). The summed E-state index contributed by atoms with van der Waals surface area (Å²) < 4.78 is 0.857. The highest BCUT2D eigenvalue weighted by Gasteiger charge is 2.35. The van der Waals surface area contributed by atoms with Gasteiger partial charge in [0, 0.05) is 17.2 Å². The maximum absolute atomic E-state index is 12.9. The topological polar surface area (TPSA) is 86.6 Å². The number of phenols is 2. The molecular formula is C21H25N2O4+. The zero-order valence-corrected chi connectivity index (χ0v) is 15.9. The van der Waals surface area contributed by atoms with E-state index in [9.17, 15) is 19.8 Å². The van der Waals surface area contributed by atoms with E-state index in [0.29, 0.717) is 6.54 Å². The van der Waals surface area contributed by atoms with Crippen LogP contribution in [0, 0.1) is 0 Å². The van der Waals surface area contributed by atoms with E-state index in [1.807, 2.05) is 0 Å². The molecule has 27 heavy (non-hydrogen) atoms. The Labute approximate surface area is 158 Å². The Morgan fingerprint density at radius 1 is 0.963 bits per heavy atom. The number of carbonyl (C=O) groups excluding carboxylic acids is 2. The molecule has 0 heterocycles. The zero-order valence-electron chi connectivity index (χ0n) is 15.9. The Kier molecular flexibility index (Phi) is 4.93. The molecule has 0 radical (unpaired) electrons. The van der Waals surface area contributed by atoms with Crippen LogP contribution in [0.25, 0.3) is 0 Å². The van der Waals surface area contributed by atoms with Gasteiger partial charge in [-0.25, -0.2) is 0 Å². The van der Waals surface area contributed by atoms with Crippen molar-refractivity contribution < 1.29 is 24.3 Å². The zero-order chi connectivity index (χ0) is 19.8. The summed E-state index contributed by atoms with van der Waals surface area (Å²) >= 11 is 0. The number of hydrogen-bond acceptors (Lipinski definition) is 5. The van der Waals surface area contributed by atoms with Gasteiger partial charge in [0.05, 0.1) is 50.0 Å². The average molecular weight is 369 g/mol. The molecule has 0 aliphatic heterocycles. The Morgan fingerprint density at radius 2 is 1.52 bits per heavy atom. The number of anilines is 1. The lowest BCUT2D eigenvalue weighted by atomic mass is 9.82. The maximum Gasteiger partial charge on any atom is 0.198 e. The lowest BCUT2D eigenvalue weighted by molar-refractivity contribution is -0.904. The van der Waals surface area contributed by atoms with Crippen molar-refractivity contribution in [1.82, 2.24) is 0 Å². The summed E-state index contributed by atoms with van der Waals surface area (Å²) in [7, 11) is 2.14. The van der Waals surface area contributed by atoms with Gasteiger partial charge in [-0.05, 0) is 13.8 Å². The number of ketones is 2. The summed E-state index contributed by atoms with van der Waals surface area (Å²) in [6.07, 6.45) is 0. The second-order valence-electron chi connectivity index (χ2n) is 7.15. The number of nitrogens with one attached hydrogen (secondary N) is 1. The van der Waals surface area contributed by atoms with E-state index in [2.05, 4.69) is 26.2 Å². The van der Waals surface area contributed by atoms with Gasteiger partial charge in [-0.3, -0.25) is 9.59 Å². The molecule has 0 saturated carbocycles. The number of fused-ring (bicyclic) bond motifs is 2. The van der Waals surface area contributed by atoms with E-state index in [-0.39, 0.29) is 39.4 Å². The quantitative estimate of drug-likeness (QED) is 0.353. The van der Waals surface area contributed by atoms with Crippen LogP contribution >= 0.6 is 0 Å². The van der Waals surface area contributed by atoms with Crippen LogP contribution in [0.4, 0.5) is 5.69 Å². The summed E-state index contributed by atoms with van der Waals surface area (Å²) in [5.41, 5.74) is 0.465. The third-order valence-electron chi connectivity index (χ3n) is 5.64. The summed E-state index contributed by atoms with van der Waals surface area (Å²) in [5, 5.41) is 24.2. The van der Waals surface area contributed by atoms with Gasteiger partial charge >= 0.3 is 0 Å². The van der Waals surface area contributed by atoms with Crippen molar-refractivity contribution in [3.63, 3.8) is 0 Å². The molecule has 0 amide bonds. The highest BCUT2D eigenvalue weighted by atomic mass is 16.3. The van der Waals surface area contributed by atoms with Gasteiger partial charge in [0.25, 0.3) is 0 Å². The van der Waals surface area contributed by atoms with E-state index in [1.165, 1.54) is 6.07 Å². The Hall–Kier alpha value is -2.86. The molecule has 0 atom stereocenters. The summed E-state index contributed by atoms with van der Waals surface area (Å²) in [6.45, 7) is 7.57. The largest absolute Gasteiger partial charge is 0.507 e. The van der Waals surface area contributed by atoms with Crippen LogP contribution in [0.5, 0.6) is 11.5 Å². The van der Waals surface area contributed by atoms with Gasteiger partial charge in [0.15, 0.2) is 17.3 Å². The van der Waals surface area contributed by atoms with E-state index >= 15 is 0 Å². The Balaban J connectivity index is 1.96. The SMILES string of the molecule is CC[N+](C)(CC)CCNc1cc(O)c2c(c1O)C(=O)c1ccccc1C2=O. The fourth-order valence-electron chi connectivity index (χ4n) is 3.39. The number of likely N-dealkylation sites (N-methyl/N-ethyl adjacent to an activating group) is 1. The van der Waals surface area contributed by atoms with Gasteiger partial charge in [-0.1, -0.05) is 24.3 Å². The number of quaternary nitrogens is 1. The highest BCUT2D eigenvalue weighted by molar-refractivity contribution is 6.30. The summed E-state index contributed by atoms with van der Waals surface area (Å²) in [6, 6.07) is 7.76. The molecule has 142 valence electrons. The van der Waals surface area contributed by atoms with Gasteiger partial charge in [0.1, 0.15) is 5.75 Å². The first-order chi connectivity index (χ1) is 12.8. The molecule has 1 aliphatic carbocycles. The lowest BCUT2D eigenvalue weighted by Gasteiger charge is -2.32. The highest BCUT2D eigenvalue weighted by Crippen LogP contribution is 2.42. The molecule has 1 aliphatic rings. The molecule has 3 N–H and O–H groups in total. The Bertz CT molecular complexity index is 917. The van der Waals surface area contributed by atoms with Crippen molar-refractivity contribution in [2.24, 2.45) is 0 Å². The molecule has 2 aromatic rings. The second kappa shape index (κ2) is 7.04. The normalized spacial score (nSPS) is 13.3. The maximum atomic E-state index is 12.9. The van der Waals surface area contributed by atoms with Gasteiger partial charge < -0.3 is 20.0 Å². The predicted molar refractivity (Wildman–Crippen MR) is 104 cm³/mol. The first kappa shape index (κ1) is 18.9. The van der Waals surface area contributed by atoms with E-state index in [1.54, 1.807) is 24.3 Å². The molecule has 0 spiro atoms. The number of carbonyl (C=O) groups is 2. The number of benzene rings is 2. The van der Waals surface area contributed by atoms with Crippen molar-refractivity contribution in [2.75, 3.05) is 38.5 Å². The van der Waals surface area contributed by atoms with E-state index in [0.717, 1.165) is 24.1 Å². The van der Waals surface area contributed by atoms with Crippen molar-refractivity contribution in [2.45, 2.75) is 13.8 Å². The van der Waals surface area contributed by atoms with E-state index < -0.39 is 11.6 Å². The number of aromatic hydroxyl groups is 2. The van der Waals surface area contributed by atoms with E-state index in [4.69, 9.17) is 0 Å². The van der Waals surface area contributed by atoms with Crippen LogP contribution in [-0.4, -0.2) is 59.5 Å². The number of phenolic OH excluding ortho intramolecular Hbond substituents is 2. The average Bonchev–Trinajstić information content (AvgIpc) is 2.68. The molecule has 6 heteroatoms. The lowest BCUT2D eigenvalue weighted by Crippen LogP contribution is -2.46. The van der Waals surface area contributed by atoms with Crippen LogP contribution in [-0.2, 0) is 0 Å². The van der Waals surface area contributed by atoms with Crippen LogP contribution < -0.4 is 5.32 Å². The molecule has 0 saturated heterocycles. The third kappa shape index (κ3) is 3.17. The first-order valence-electron chi connectivity index (χ1n) is 9.17.